The third kappa shape index (κ3) is 2.99. The quantitative estimate of drug-likeness (QED) is 0.893. The summed E-state index contributed by atoms with van der Waals surface area (Å²) in [6, 6.07) is 5.23. The van der Waals surface area contributed by atoms with E-state index in [1.165, 1.54) is 0 Å². The zero-order chi connectivity index (χ0) is 14.9. The minimum atomic E-state index is -3.35. The summed E-state index contributed by atoms with van der Waals surface area (Å²) < 4.78 is 32.0. The van der Waals surface area contributed by atoms with Crippen molar-refractivity contribution >= 4 is 32.8 Å². The van der Waals surface area contributed by atoms with Crippen LogP contribution in [0, 0.1) is 6.92 Å². The molecule has 0 saturated heterocycles. The number of aliphatic hydroxyl groups excluding tert-OH is 1. The highest BCUT2D eigenvalue weighted by molar-refractivity contribution is 9.10. The van der Waals surface area contributed by atoms with Crippen molar-refractivity contribution in [3.8, 4) is 0 Å². The molecule has 4 nitrogen and oxygen atoms in total. The number of amides is 1. The molecular weight excluding hydrogens is 336 g/mol. The molecule has 0 fully saturated rings. The molecule has 0 aliphatic heterocycles. The van der Waals surface area contributed by atoms with Crippen molar-refractivity contribution < 1.29 is 23.1 Å². The predicted octanol–water partition coefficient (Wildman–Crippen LogP) is 2.86. The fourth-order valence-electron chi connectivity index (χ4n) is 1.76. The Morgan fingerprint density at radius 1 is 1.50 bits per heavy atom. The molecule has 0 spiro atoms. The van der Waals surface area contributed by atoms with Gasteiger partial charge in [-0.1, -0.05) is 15.9 Å². The summed E-state index contributed by atoms with van der Waals surface area (Å²) in [5.41, 5.74) is 1.08. The van der Waals surface area contributed by atoms with E-state index < -0.39 is 25.0 Å². The van der Waals surface area contributed by atoms with Crippen LogP contribution in [0.1, 0.15) is 16.1 Å². The Hall–Kier alpha value is -1.47. The molecule has 1 aromatic carbocycles. The van der Waals surface area contributed by atoms with E-state index in [0.717, 1.165) is 9.86 Å². The van der Waals surface area contributed by atoms with E-state index in [1.54, 1.807) is 25.1 Å². The summed E-state index contributed by atoms with van der Waals surface area (Å²) in [4.78, 5) is 11.9. The van der Waals surface area contributed by atoms with Gasteiger partial charge in [0.25, 0.3) is 11.8 Å². The number of benzene rings is 1. The van der Waals surface area contributed by atoms with Crippen LogP contribution < -0.4 is 5.32 Å². The topological polar surface area (TPSA) is 62.5 Å². The SMILES string of the molecule is Cc1c(C(=O)NCC(F)(F)CO)oc2ccc(Br)cc12. The molecule has 1 amide bonds. The molecule has 0 radical (unpaired) electrons. The second-order valence-electron chi connectivity index (χ2n) is 4.39. The first-order chi connectivity index (χ1) is 9.34. The number of carbonyl (C=O) groups excluding carboxylic acids is 1. The number of aliphatic hydroxyl groups is 1. The number of aryl methyl sites for hydroxylation is 1. The molecule has 7 heteroatoms. The van der Waals surface area contributed by atoms with E-state index in [1.807, 2.05) is 0 Å². The van der Waals surface area contributed by atoms with Gasteiger partial charge in [-0.05, 0) is 25.1 Å². The van der Waals surface area contributed by atoms with Crippen LogP contribution in [0.15, 0.2) is 27.1 Å². The van der Waals surface area contributed by atoms with Crippen molar-refractivity contribution in [2.75, 3.05) is 13.2 Å². The van der Waals surface area contributed by atoms with E-state index in [2.05, 4.69) is 21.2 Å². The molecule has 0 aliphatic rings. The summed E-state index contributed by atoms with van der Waals surface area (Å²) in [6.07, 6.45) is 0. The maximum Gasteiger partial charge on any atom is 0.287 e. The number of fused-ring (bicyclic) bond motifs is 1. The second-order valence-corrected chi connectivity index (χ2v) is 5.31. The Bertz CT molecular complexity index is 654. The van der Waals surface area contributed by atoms with Gasteiger partial charge in [0, 0.05) is 15.4 Å². The van der Waals surface area contributed by atoms with Crippen LogP contribution in [0.5, 0.6) is 0 Å². The molecule has 2 N–H and O–H groups in total. The Morgan fingerprint density at radius 2 is 2.20 bits per heavy atom. The molecule has 0 atom stereocenters. The lowest BCUT2D eigenvalue weighted by atomic mass is 10.1. The number of alkyl halides is 2. The number of carbonyl (C=O) groups is 1. The minimum Gasteiger partial charge on any atom is -0.451 e. The van der Waals surface area contributed by atoms with Gasteiger partial charge >= 0.3 is 0 Å². The fourth-order valence-corrected chi connectivity index (χ4v) is 2.12. The summed E-state index contributed by atoms with van der Waals surface area (Å²) in [6.45, 7) is -0.584. The largest absolute Gasteiger partial charge is 0.451 e. The normalized spacial score (nSPS) is 11.8. The van der Waals surface area contributed by atoms with Crippen molar-refractivity contribution in [2.24, 2.45) is 0 Å². The van der Waals surface area contributed by atoms with Crippen molar-refractivity contribution in [3.05, 3.63) is 34.0 Å². The van der Waals surface area contributed by atoms with Gasteiger partial charge in [0.05, 0.1) is 6.54 Å². The predicted molar refractivity (Wildman–Crippen MR) is 73.0 cm³/mol. The van der Waals surface area contributed by atoms with Gasteiger partial charge in [-0.3, -0.25) is 4.79 Å². The zero-order valence-electron chi connectivity index (χ0n) is 10.5. The molecule has 1 heterocycles. The smallest absolute Gasteiger partial charge is 0.287 e. The molecule has 0 unspecified atom stereocenters. The van der Waals surface area contributed by atoms with E-state index in [0.29, 0.717) is 11.1 Å². The van der Waals surface area contributed by atoms with Crippen molar-refractivity contribution in [1.82, 2.24) is 5.32 Å². The van der Waals surface area contributed by atoms with Crippen LogP contribution in [0.3, 0.4) is 0 Å². The molecular formula is C13H12BrF2NO3. The van der Waals surface area contributed by atoms with Crippen LogP contribution in [-0.2, 0) is 0 Å². The van der Waals surface area contributed by atoms with E-state index in [9.17, 15) is 13.6 Å². The summed E-state index contributed by atoms with van der Waals surface area (Å²) in [5, 5.41) is 11.2. The standard InChI is InChI=1S/C13H12BrF2NO3/c1-7-9-4-8(14)2-3-10(9)20-11(7)12(19)17-5-13(15,16)6-18/h2-4,18H,5-6H2,1H3,(H,17,19). The highest BCUT2D eigenvalue weighted by atomic mass is 79.9. The van der Waals surface area contributed by atoms with Crippen molar-refractivity contribution in [2.45, 2.75) is 12.8 Å². The van der Waals surface area contributed by atoms with Crippen LogP contribution in [0.4, 0.5) is 8.78 Å². The fraction of sp³-hybridized carbons (Fsp3) is 0.308. The van der Waals surface area contributed by atoms with Crippen molar-refractivity contribution in [3.63, 3.8) is 0 Å². The van der Waals surface area contributed by atoms with Crippen molar-refractivity contribution in [1.29, 1.82) is 0 Å². The van der Waals surface area contributed by atoms with Gasteiger partial charge in [0.1, 0.15) is 12.2 Å². The summed E-state index contributed by atoms with van der Waals surface area (Å²) >= 11 is 3.31. The monoisotopic (exact) mass is 347 g/mol. The summed E-state index contributed by atoms with van der Waals surface area (Å²) in [7, 11) is 0. The van der Waals surface area contributed by atoms with Gasteiger partial charge in [0.15, 0.2) is 5.76 Å². The lowest BCUT2D eigenvalue weighted by molar-refractivity contribution is -0.0463. The third-order valence-corrected chi connectivity index (χ3v) is 3.34. The van der Waals surface area contributed by atoms with Crippen LogP contribution in [0.2, 0.25) is 0 Å². The first-order valence-electron chi connectivity index (χ1n) is 5.79. The van der Waals surface area contributed by atoms with E-state index in [4.69, 9.17) is 9.52 Å². The highest BCUT2D eigenvalue weighted by Crippen LogP contribution is 2.28. The first kappa shape index (κ1) is 14.9. The van der Waals surface area contributed by atoms with Crippen LogP contribution in [0.25, 0.3) is 11.0 Å². The molecule has 2 rings (SSSR count). The second kappa shape index (κ2) is 5.49. The molecule has 108 valence electrons. The van der Waals surface area contributed by atoms with E-state index >= 15 is 0 Å². The Labute approximate surface area is 121 Å². The Kier molecular flexibility index (Phi) is 4.10. The lowest BCUT2D eigenvalue weighted by Crippen LogP contribution is -2.39. The zero-order valence-corrected chi connectivity index (χ0v) is 12.1. The average molecular weight is 348 g/mol. The van der Waals surface area contributed by atoms with Gasteiger partial charge in [-0.2, -0.15) is 0 Å². The minimum absolute atomic E-state index is 0.00756. The number of rotatable bonds is 4. The number of hydrogen-bond acceptors (Lipinski definition) is 3. The molecule has 20 heavy (non-hydrogen) atoms. The van der Waals surface area contributed by atoms with E-state index in [-0.39, 0.29) is 5.76 Å². The molecule has 1 aromatic heterocycles. The average Bonchev–Trinajstić information content (AvgIpc) is 2.74. The third-order valence-electron chi connectivity index (χ3n) is 2.84. The Morgan fingerprint density at radius 3 is 2.85 bits per heavy atom. The molecule has 2 aromatic rings. The van der Waals surface area contributed by atoms with Crippen LogP contribution >= 0.6 is 15.9 Å². The first-order valence-corrected chi connectivity index (χ1v) is 6.59. The molecule has 0 aliphatic carbocycles. The maximum absolute atomic E-state index is 12.9. The highest BCUT2D eigenvalue weighted by Gasteiger charge is 2.29. The number of hydrogen-bond donors (Lipinski definition) is 2. The number of nitrogens with one attached hydrogen (secondary N) is 1. The van der Waals surface area contributed by atoms with Crippen LogP contribution in [-0.4, -0.2) is 30.1 Å². The van der Waals surface area contributed by atoms with Gasteiger partial charge in [0.2, 0.25) is 0 Å². The Balaban J connectivity index is 2.25. The van der Waals surface area contributed by atoms with Gasteiger partial charge in [-0.15, -0.1) is 0 Å². The summed E-state index contributed by atoms with van der Waals surface area (Å²) in [5.74, 6) is -4.09. The maximum atomic E-state index is 12.9. The number of halogens is 3. The van der Waals surface area contributed by atoms with Gasteiger partial charge < -0.3 is 14.8 Å². The van der Waals surface area contributed by atoms with Gasteiger partial charge in [-0.25, -0.2) is 8.78 Å². The molecule has 0 bridgehead atoms. The molecule has 0 saturated carbocycles. The number of furan rings is 1. The lowest BCUT2D eigenvalue weighted by Gasteiger charge is -2.13.